The Hall–Kier alpha value is -1.46. The lowest BCUT2D eigenvalue weighted by Gasteiger charge is -2.08. The monoisotopic (exact) mass is 308 g/mol. The summed E-state index contributed by atoms with van der Waals surface area (Å²) in [5.41, 5.74) is 0.650. The molecule has 0 spiro atoms. The van der Waals surface area contributed by atoms with E-state index in [0.29, 0.717) is 23.6 Å². The minimum atomic E-state index is -0.522. The summed E-state index contributed by atoms with van der Waals surface area (Å²) in [5, 5.41) is 9.63. The standard InChI is InChI=1S/C13H13BrN2O2/c1-2-13(17)12-4-3-10(8-16-12)18-11-5-9(14)6-15-7-11/h3-8,13,17H,2H2,1H3/t13-/m1/s1. The third-order valence-corrected chi connectivity index (χ3v) is 2.84. The van der Waals surface area contributed by atoms with Crippen molar-refractivity contribution >= 4 is 15.9 Å². The van der Waals surface area contributed by atoms with Crippen LogP contribution in [-0.2, 0) is 0 Å². The smallest absolute Gasteiger partial charge is 0.146 e. The number of nitrogens with zero attached hydrogens (tertiary/aromatic N) is 2. The van der Waals surface area contributed by atoms with Crippen molar-refractivity contribution in [2.75, 3.05) is 0 Å². The van der Waals surface area contributed by atoms with Crippen molar-refractivity contribution in [3.63, 3.8) is 0 Å². The predicted octanol–water partition coefficient (Wildman–Crippen LogP) is 3.47. The molecule has 5 heteroatoms. The molecule has 0 aliphatic carbocycles. The fourth-order valence-electron chi connectivity index (χ4n) is 1.44. The summed E-state index contributed by atoms with van der Waals surface area (Å²) in [6.45, 7) is 1.91. The molecule has 2 aromatic heterocycles. The van der Waals surface area contributed by atoms with Gasteiger partial charge in [-0.3, -0.25) is 9.97 Å². The molecule has 0 aliphatic heterocycles. The first-order valence-electron chi connectivity index (χ1n) is 5.61. The summed E-state index contributed by atoms with van der Waals surface area (Å²) < 4.78 is 6.44. The second-order valence-corrected chi connectivity index (χ2v) is 4.70. The quantitative estimate of drug-likeness (QED) is 0.939. The van der Waals surface area contributed by atoms with Crippen LogP contribution in [0, 0.1) is 0 Å². The molecular formula is C13H13BrN2O2. The average Bonchev–Trinajstić information content (AvgIpc) is 2.39. The van der Waals surface area contributed by atoms with Crippen molar-refractivity contribution in [2.45, 2.75) is 19.4 Å². The van der Waals surface area contributed by atoms with E-state index in [1.54, 1.807) is 30.7 Å². The van der Waals surface area contributed by atoms with E-state index in [9.17, 15) is 5.11 Å². The molecule has 0 unspecified atom stereocenters. The number of halogens is 1. The molecule has 1 N–H and O–H groups in total. The van der Waals surface area contributed by atoms with Gasteiger partial charge in [-0.15, -0.1) is 0 Å². The lowest BCUT2D eigenvalue weighted by Crippen LogP contribution is -1.98. The molecule has 0 saturated carbocycles. The lowest BCUT2D eigenvalue weighted by molar-refractivity contribution is 0.169. The van der Waals surface area contributed by atoms with E-state index >= 15 is 0 Å². The highest BCUT2D eigenvalue weighted by Crippen LogP contribution is 2.23. The second-order valence-electron chi connectivity index (χ2n) is 3.78. The van der Waals surface area contributed by atoms with Gasteiger partial charge in [-0.2, -0.15) is 0 Å². The Morgan fingerprint density at radius 1 is 1.28 bits per heavy atom. The summed E-state index contributed by atoms with van der Waals surface area (Å²) in [7, 11) is 0. The summed E-state index contributed by atoms with van der Waals surface area (Å²) >= 11 is 3.32. The molecule has 0 fully saturated rings. The van der Waals surface area contributed by atoms with E-state index in [2.05, 4.69) is 25.9 Å². The van der Waals surface area contributed by atoms with E-state index in [4.69, 9.17) is 4.74 Å². The van der Waals surface area contributed by atoms with Gasteiger partial charge in [-0.05, 0) is 40.5 Å². The van der Waals surface area contributed by atoms with Crippen LogP contribution in [0.3, 0.4) is 0 Å². The van der Waals surface area contributed by atoms with Crippen molar-refractivity contribution in [3.05, 3.63) is 47.0 Å². The largest absolute Gasteiger partial charge is 0.454 e. The van der Waals surface area contributed by atoms with Gasteiger partial charge in [0.2, 0.25) is 0 Å². The van der Waals surface area contributed by atoms with Gasteiger partial charge in [0.05, 0.1) is 24.2 Å². The minimum Gasteiger partial charge on any atom is -0.454 e. The van der Waals surface area contributed by atoms with Gasteiger partial charge in [0.1, 0.15) is 11.5 Å². The fraction of sp³-hybridized carbons (Fsp3) is 0.231. The van der Waals surface area contributed by atoms with E-state index in [-0.39, 0.29) is 0 Å². The van der Waals surface area contributed by atoms with Gasteiger partial charge in [-0.1, -0.05) is 6.92 Å². The van der Waals surface area contributed by atoms with Crippen LogP contribution in [0.4, 0.5) is 0 Å². The average molecular weight is 309 g/mol. The Balaban J connectivity index is 2.11. The third kappa shape index (κ3) is 3.27. The number of rotatable bonds is 4. The van der Waals surface area contributed by atoms with Gasteiger partial charge >= 0.3 is 0 Å². The molecule has 18 heavy (non-hydrogen) atoms. The van der Waals surface area contributed by atoms with Crippen LogP contribution in [0.1, 0.15) is 25.1 Å². The van der Waals surface area contributed by atoms with Crippen molar-refractivity contribution in [3.8, 4) is 11.5 Å². The molecule has 1 atom stereocenters. The molecule has 0 bridgehead atoms. The van der Waals surface area contributed by atoms with E-state index in [1.165, 1.54) is 0 Å². The number of ether oxygens (including phenoxy) is 1. The summed E-state index contributed by atoms with van der Waals surface area (Å²) in [4.78, 5) is 8.17. The number of aromatic nitrogens is 2. The summed E-state index contributed by atoms with van der Waals surface area (Å²) in [5.74, 6) is 1.25. The maximum Gasteiger partial charge on any atom is 0.146 e. The predicted molar refractivity (Wildman–Crippen MR) is 71.5 cm³/mol. The Labute approximate surface area is 114 Å². The summed E-state index contributed by atoms with van der Waals surface area (Å²) in [6.07, 6.45) is 5.02. The molecule has 2 aromatic rings. The highest BCUT2D eigenvalue weighted by atomic mass is 79.9. The van der Waals surface area contributed by atoms with E-state index < -0.39 is 6.10 Å². The van der Waals surface area contributed by atoms with Crippen LogP contribution in [0.2, 0.25) is 0 Å². The first-order chi connectivity index (χ1) is 8.69. The van der Waals surface area contributed by atoms with Crippen LogP contribution < -0.4 is 4.74 Å². The zero-order valence-electron chi connectivity index (χ0n) is 9.88. The highest BCUT2D eigenvalue weighted by Gasteiger charge is 2.06. The van der Waals surface area contributed by atoms with Gasteiger partial charge in [0, 0.05) is 10.7 Å². The molecule has 0 saturated heterocycles. The Kier molecular flexibility index (Phi) is 4.28. The lowest BCUT2D eigenvalue weighted by atomic mass is 10.2. The number of hydrogen-bond donors (Lipinski definition) is 1. The van der Waals surface area contributed by atoms with Crippen molar-refractivity contribution in [1.29, 1.82) is 0 Å². The topological polar surface area (TPSA) is 55.2 Å². The molecule has 0 radical (unpaired) electrons. The Morgan fingerprint density at radius 3 is 2.72 bits per heavy atom. The van der Waals surface area contributed by atoms with E-state index in [0.717, 1.165) is 4.47 Å². The number of hydrogen-bond acceptors (Lipinski definition) is 4. The molecule has 94 valence electrons. The molecule has 4 nitrogen and oxygen atoms in total. The van der Waals surface area contributed by atoms with E-state index in [1.807, 2.05) is 13.0 Å². The molecule has 0 aliphatic rings. The SMILES string of the molecule is CC[C@@H](O)c1ccc(Oc2cncc(Br)c2)cn1. The van der Waals surface area contributed by atoms with Crippen LogP contribution in [0.25, 0.3) is 0 Å². The van der Waals surface area contributed by atoms with Crippen LogP contribution >= 0.6 is 15.9 Å². The number of pyridine rings is 2. The number of aliphatic hydroxyl groups excluding tert-OH is 1. The summed E-state index contributed by atoms with van der Waals surface area (Å²) in [6, 6.07) is 5.36. The van der Waals surface area contributed by atoms with Crippen LogP contribution in [0.15, 0.2) is 41.3 Å². The zero-order chi connectivity index (χ0) is 13.0. The molecular weight excluding hydrogens is 296 g/mol. The maximum atomic E-state index is 9.63. The fourth-order valence-corrected chi connectivity index (χ4v) is 1.79. The molecule has 0 aromatic carbocycles. The zero-order valence-corrected chi connectivity index (χ0v) is 11.5. The van der Waals surface area contributed by atoms with Crippen molar-refractivity contribution in [2.24, 2.45) is 0 Å². The molecule has 2 heterocycles. The van der Waals surface area contributed by atoms with Gasteiger partial charge in [0.25, 0.3) is 0 Å². The Morgan fingerprint density at radius 2 is 2.11 bits per heavy atom. The molecule has 0 amide bonds. The van der Waals surface area contributed by atoms with Crippen molar-refractivity contribution in [1.82, 2.24) is 9.97 Å². The van der Waals surface area contributed by atoms with Crippen molar-refractivity contribution < 1.29 is 9.84 Å². The third-order valence-electron chi connectivity index (χ3n) is 2.40. The van der Waals surface area contributed by atoms with Gasteiger partial charge in [-0.25, -0.2) is 0 Å². The van der Waals surface area contributed by atoms with Gasteiger partial charge in [0.15, 0.2) is 0 Å². The maximum absolute atomic E-state index is 9.63. The van der Waals surface area contributed by atoms with Gasteiger partial charge < -0.3 is 9.84 Å². The molecule has 2 rings (SSSR count). The minimum absolute atomic E-state index is 0.522. The first kappa shape index (κ1) is 13.0. The normalized spacial score (nSPS) is 12.2. The second kappa shape index (κ2) is 5.93. The first-order valence-corrected chi connectivity index (χ1v) is 6.40. The highest BCUT2D eigenvalue weighted by molar-refractivity contribution is 9.10. The van der Waals surface area contributed by atoms with Crippen LogP contribution in [-0.4, -0.2) is 15.1 Å². The van der Waals surface area contributed by atoms with Crippen LogP contribution in [0.5, 0.6) is 11.5 Å². The number of aliphatic hydroxyl groups is 1. The Bertz CT molecular complexity index is 517.